The molecule has 1 aromatic carbocycles. The lowest BCUT2D eigenvalue weighted by Crippen LogP contribution is -2.20. The van der Waals surface area contributed by atoms with E-state index in [1.54, 1.807) is 11.6 Å². The van der Waals surface area contributed by atoms with Crippen LogP contribution in [0.15, 0.2) is 23.7 Å². The molecule has 0 unspecified atom stereocenters. The maximum Gasteiger partial charge on any atom is 0.231 e. The van der Waals surface area contributed by atoms with E-state index in [4.69, 9.17) is 5.73 Å². The number of carbonyl (C=O) groups excluding carboxylic acids is 1. The van der Waals surface area contributed by atoms with E-state index in [0.717, 1.165) is 15.9 Å². The van der Waals surface area contributed by atoms with Crippen LogP contribution in [-0.2, 0) is 4.79 Å². The topological polar surface area (TPSA) is 68.0 Å². The zero-order valence-electron chi connectivity index (χ0n) is 8.27. The number of nitrogens with two attached hydrogens (primary N) is 1. The fourth-order valence-corrected chi connectivity index (χ4v) is 2.14. The summed E-state index contributed by atoms with van der Waals surface area (Å²) in [6.07, 6.45) is 0.0655. The van der Waals surface area contributed by atoms with Gasteiger partial charge in [-0.15, -0.1) is 11.3 Å². The summed E-state index contributed by atoms with van der Waals surface area (Å²) in [6, 6.07) is 5.55. The molecule has 0 bridgehead atoms. The number of aromatic nitrogens is 1. The highest BCUT2D eigenvalue weighted by Gasteiger charge is 2.05. The molecular formula is C10H9N3OS2. The molecule has 2 aromatic rings. The molecule has 0 radical (unpaired) electrons. The Morgan fingerprint density at radius 2 is 2.38 bits per heavy atom. The molecule has 0 spiro atoms. The summed E-state index contributed by atoms with van der Waals surface area (Å²) >= 11 is 6.19. The van der Waals surface area contributed by atoms with Gasteiger partial charge in [-0.3, -0.25) is 4.79 Å². The van der Waals surface area contributed by atoms with Crippen LogP contribution in [-0.4, -0.2) is 15.9 Å². The highest BCUT2D eigenvalue weighted by Crippen LogP contribution is 2.21. The molecule has 1 amide bonds. The number of hydrogen-bond acceptors (Lipinski definition) is 4. The van der Waals surface area contributed by atoms with Crippen molar-refractivity contribution in [2.75, 3.05) is 5.32 Å². The molecule has 0 aliphatic carbocycles. The molecule has 0 fully saturated rings. The molecule has 0 aliphatic rings. The number of hydrogen-bond donors (Lipinski definition) is 2. The maximum atomic E-state index is 11.4. The van der Waals surface area contributed by atoms with Gasteiger partial charge < -0.3 is 11.1 Å². The number of nitrogens with one attached hydrogen (secondary N) is 1. The van der Waals surface area contributed by atoms with Gasteiger partial charge in [0.05, 0.1) is 27.1 Å². The molecule has 6 heteroatoms. The van der Waals surface area contributed by atoms with Gasteiger partial charge in [0.1, 0.15) is 0 Å². The Balaban J connectivity index is 2.14. The van der Waals surface area contributed by atoms with E-state index in [2.05, 4.69) is 22.5 Å². The summed E-state index contributed by atoms with van der Waals surface area (Å²) < 4.78 is 1.04. The summed E-state index contributed by atoms with van der Waals surface area (Å²) in [4.78, 5) is 15.7. The molecule has 0 atom stereocenters. The first kappa shape index (κ1) is 11.0. The molecule has 4 nitrogen and oxygen atoms in total. The Hall–Kier alpha value is -1.53. The van der Waals surface area contributed by atoms with Crippen molar-refractivity contribution in [3.05, 3.63) is 23.7 Å². The van der Waals surface area contributed by atoms with Gasteiger partial charge in [-0.25, -0.2) is 4.98 Å². The summed E-state index contributed by atoms with van der Waals surface area (Å²) in [5.41, 5.74) is 8.72. The lowest BCUT2D eigenvalue weighted by molar-refractivity contribution is -0.115. The van der Waals surface area contributed by atoms with Crippen molar-refractivity contribution in [1.82, 2.24) is 4.98 Å². The fraction of sp³-hybridized carbons (Fsp3) is 0.100. The van der Waals surface area contributed by atoms with Gasteiger partial charge in [0.25, 0.3) is 0 Å². The minimum Gasteiger partial charge on any atom is -0.393 e. The van der Waals surface area contributed by atoms with Crippen molar-refractivity contribution in [3.63, 3.8) is 0 Å². The second-order valence-electron chi connectivity index (χ2n) is 3.23. The number of benzene rings is 1. The van der Waals surface area contributed by atoms with Crippen molar-refractivity contribution in [3.8, 4) is 0 Å². The summed E-state index contributed by atoms with van der Waals surface area (Å²) in [7, 11) is 0. The number of thiazole rings is 1. The number of anilines is 1. The van der Waals surface area contributed by atoms with Crippen LogP contribution in [0.4, 0.5) is 5.69 Å². The van der Waals surface area contributed by atoms with E-state index >= 15 is 0 Å². The molecule has 16 heavy (non-hydrogen) atoms. The Morgan fingerprint density at radius 3 is 3.12 bits per heavy atom. The molecule has 0 saturated carbocycles. The standard InChI is InChI=1S/C10H9N3OS2/c11-9(15)4-10(14)13-6-1-2-7-8(3-6)16-5-12-7/h1-3,5H,4H2,(H2,11,15)(H,13,14). The third-order valence-corrected chi connectivity index (χ3v) is 2.89. The second kappa shape index (κ2) is 4.54. The van der Waals surface area contributed by atoms with Crippen molar-refractivity contribution >= 4 is 50.4 Å². The van der Waals surface area contributed by atoms with Gasteiger partial charge in [-0.2, -0.15) is 0 Å². The summed E-state index contributed by atoms with van der Waals surface area (Å²) in [5.74, 6) is -0.198. The predicted molar refractivity (Wildman–Crippen MR) is 69.7 cm³/mol. The van der Waals surface area contributed by atoms with E-state index in [0.29, 0.717) is 0 Å². The Kier molecular flexibility index (Phi) is 3.12. The minimum absolute atomic E-state index is 0.0655. The minimum atomic E-state index is -0.198. The number of fused-ring (bicyclic) bond motifs is 1. The van der Waals surface area contributed by atoms with E-state index in [1.165, 1.54) is 11.3 Å². The summed E-state index contributed by atoms with van der Waals surface area (Å²) in [6.45, 7) is 0. The number of thiocarbonyl (C=S) groups is 1. The van der Waals surface area contributed by atoms with Gasteiger partial charge in [-0.1, -0.05) is 12.2 Å². The molecule has 0 aliphatic heterocycles. The molecular weight excluding hydrogens is 242 g/mol. The third kappa shape index (κ3) is 2.53. The van der Waals surface area contributed by atoms with Crippen molar-refractivity contribution in [2.45, 2.75) is 6.42 Å². The van der Waals surface area contributed by atoms with Gasteiger partial charge in [-0.05, 0) is 18.2 Å². The molecule has 2 rings (SSSR count). The SMILES string of the molecule is NC(=S)CC(=O)Nc1ccc2ncsc2c1. The maximum absolute atomic E-state index is 11.4. The molecule has 3 N–H and O–H groups in total. The first-order valence-electron chi connectivity index (χ1n) is 4.56. The number of nitrogens with zero attached hydrogens (tertiary/aromatic N) is 1. The fourth-order valence-electron chi connectivity index (χ4n) is 1.30. The zero-order chi connectivity index (χ0) is 11.5. The lowest BCUT2D eigenvalue weighted by Gasteiger charge is -2.03. The average Bonchev–Trinajstić information content (AvgIpc) is 2.63. The monoisotopic (exact) mass is 251 g/mol. The van der Waals surface area contributed by atoms with Gasteiger partial charge in [0, 0.05) is 5.69 Å². The van der Waals surface area contributed by atoms with Gasteiger partial charge in [0.15, 0.2) is 0 Å². The van der Waals surface area contributed by atoms with Crippen LogP contribution in [0.3, 0.4) is 0 Å². The van der Waals surface area contributed by atoms with Gasteiger partial charge in [0.2, 0.25) is 5.91 Å². The smallest absolute Gasteiger partial charge is 0.231 e. The predicted octanol–water partition coefficient (Wildman–Crippen LogP) is 1.91. The molecule has 0 saturated heterocycles. The number of carbonyl (C=O) groups is 1. The molecule has 1 aromatic heterocycles. The van der Waals surface area contributed by atoms with Crippen LogP contribution < -0.4 is 11.1 Å². The van der Waals surface area contributed by atoms with Crippen molar-refractivity contribution in [2.24, 2.45) is 5.73 Å². The van der Waals surface area contributed by atoms with E-state index in [9.17, 15) is 4.79 Å². The molecule has 1 heterocycles. The third-order valence-electron chi connectivity index (χ3n) is 1.95. The Labute approximate surface area is 101 Å². The largest absolute Gasteiger partial charge is 0.393 e. The van der Waals surface area contributed by atoms with E-state index in [-0.39, 0.29) is 17.3 Å². The Bertz CT molecular complexity index is 550. The van der Waals surface area contributed by atoms with Crippen molar-refractivity contribution in [1.29, 1.82) is 0 Å². The second-order valence-corrected chi connectivity index (χ2v) is 4.64. The normalized spacial score (nSPS) is 10.2. The lowest BCUT2D eigenvalue weighted by atomic mass is 10.3. The van der Waals surface area contributed by atoms with Crippen LogP contribution >= 0.6 is 23.6 Å². The summed E-state index contributed by atoms with van der Waals surface area (Å²) in [5, 5.41) is 2.73. The van der Waals surface area contributed by atoms with Crippen LogP contribution in [0.25, 0.3) is 10.2 Å². The van der Waals surface area contributed by atoms with Gasteiger partial charge >= 0.3 is 0 Å². The average molecular weight is 251 g/mol. The number of rotatable bonds is 3. The van der Waals surface area contributed by atoms with Crippen LogP contribution in [0, 0.1) is 0 Å². The Morgan fingerprint density at radius 1 is 1.56 bits per heavy atom. The van der Waals surface area contributed by atoms with Crippen LogP contribution in [0.1, 0.15) is 6.42 Å². The first-order chi connectivity index (χ1) is 7.65. The highest BCUT2D eigenvalue weighted by molar-refractivity contribution is 7.80. The van der Waals surface area contributed by atoms with Crippen LogP contribution in [0.2, 0.25) is 0 Å². The molecule has 82 valence electrons. The highest BCUT2D eigenvalue weighted by atomic mass is 32.1. The zero-order valence-corrected chi connectivity index (χ0v) is 9.90. The first-order valence-corrected chi connectivity index (χ1v) is 5.85. The van der Waals surface area contributed by atoms with E-state index in [1.807, 2.05) is 12.1 Å². The quantitative estimate of drug-likeness (QED) is 0.818. The van der Waals surface area contributed by atoms with Crippen molar-refractivity contribution < 1.29 is 4.79 Å². The van der Waals surface area contributed by atoms with E-state index < -0.39 is 0 Å². The number of amides is 1. The van der Waals surface area contributed by atoms with Crippen LogP contribution in [0.5, 0.6) is 0 Å².